The van der Waals surface area contributed by atoms with Gasteiger partial charge in [0.15, 0.2) is 0 Å². The first-order chi connectivity index (χ1) is 10.8. The highest BCUT2D eigenvalue weighted by molar-refractivity contribution is 7.19. The van der Waals surface area contributed by atoms with Crippen LogP contribution in [0.4, 0.5) is 0 Å². The van der Waals surface area contributed by atoms with Gasteiger partial charge in [0.1, 0.15) is 10.5 Å². The Morgan fingerprint density at radius 3 is 2.83 bits per heavy atom. The quantitative estimate of drug-likeness (QED) is 0.886. The summed E-state index contributed by atoms with van der Waals surface area (Å²) in [6, 6.07) is 0. The summed E-state index contributed by atoms with van der Waals surface area (Å²) in [4.78, 5) is 32.5. The minimum Gasteiger partial charge on any atom is -0.359 e. The third kappa shape index (κ3) is 3.04. The van der Waals surface area contributed by atoms with Crippen LogP contribution < -0.4 is 10.9 Å². The number of H-pyrrole nitrogens is 1. The molecule has 124 valence electrons. The van der Waals surface area contributed by atoms with Crippen LogP contribution in [-0.4, -0.2) is 22.9 Å². The average molecular weight is 333 g/mol. The van der Waals surface area contributed by atoms with Gasteiger partial charge >= 0.3 is 0 Å². The molecule has 1 atom stereocenters. The van der Waals surface area contributed by atoms with Gasteiger partial charge in [-0.1, -0.05) is 20.8 Å². The maximum absolute atomic E-state index is 12.3. The molecule has 0 fully saturated rings. The lowest BCUT2D eigenvalue weighted by atomic mass is 9.72. The number of carbonyl (C=O) groups excluding carboxylic acids is 1. The second-order valence-corrected chi connectivity index (χ2v) is 8.46. The molecule has 0 saturated carbocycles. The molecule has 1 aliphatic rings. The molecule has 0 bridgehead atoms. The summed E-state index contributed by atoms with van der Waals surface area (Å²) in [5.74, 6) is 0.928. The number of amides is 1. The standard InChI is InChI=1S/C17H23N3O2S/c1-17(2,3)9-5-6-10-11(7-9)23-15-14(10)19-12(20-16(15)22)8-13(21)18-4/h9H,5-8H2,1-4H3,(H,18,21)(H,19,20,22)/t9-/m0/s1. The Hall–Kier alpha value is -1.69. The molecule has 0 aliphatic heterocycles. The fraction of sp³-hybridized carbons (Fsp3) is 0.588. The number of rotatable bonds is 2. The molecule has 2 aromatic rings. The van der Waals surface area contributed by atoms with Gasteiger partial charge in [-0.2, -0.15) is 0 Å². The summed E-state index contributed by atoms with van der Waals surface area (Å²) in [6.07, 6.45) is 3.22. The van der Waals surface area contributed by atoms with Crippen molar-refractivity contribution in [2.24, 2.45) is 11.3 Å². The minimum absolute atomic E-state index is 0.108. The van der Waals surface area contributed by atoms with Crippen LogP contribution in [0.25, 0.3) is 10.2 Å². The van der Waals surface area contributed by atoms with E-state index in [0.29, 0.717) is 16.4 Å². The van der Waals surface area contributed by atoms with E-state index in [1.54, 1.807) is 18.4 Å². The van der Waals surface area contributed by atoms with E-state index in [-0.39, 0.29) is 23.3 Å². The molecule has 2 aromatic heterocycles. The van der Waals surface area contributed by atoms with Crippen molar-refractivity contribution in [1.82, 2.24) is 15.3 Å². The summed E-state index contributed by atoms with van der Waals surface area (Å²) in [7, 11) is 1.58. The SMILES string of the molecule is CNC(=O)Cc1nc2c3c(sc2c(=O)[nH]1)C[C@@H](C(C)(C)C)CC3. The highest BCUT2D eigenvalue weighted by atomic mass is 32.1. The molecule has 3 rings (SSSR count). The van der Waals surface area contributed by atoms with Crippen LogP contribution in [0.1, 0.15) is 43.5 Å². The second kappa shape index (κ2) is 5.74. The van der Waals surface area contributed by atoms with E-state index in [2.05, 4.69) is 36.1 Å². The second-order valence-electron chi connectivity index (χ2n) is 7.35. The Morgan fingerprint density at radius 2 is 2.17 bits per heavy atom. The molecule has 0 saturated heterocycles. The maximum atomic E-state index is 12.3. The fourth-order valence-corrected chi connectivity index (χ4v) is 4.52. The van der Waals surface area contributed by atoms with E-state index in [1.165, 1.54) is 10.4 Å². The monoisotopic (exact) mass is 333 g/mol. The van der Waals surface area contributed by atoms with Crippen molar-refractivity contribution in [2.45, 2.75) is 46.5 Å². The zero-order chi connectivity index (χ0) is 16.8. The number of aromatic amines is 1. The van der Waals surface area contributed by atoms with Gasteiger partial charge in [0.2, 0.25) is 5.91 Å². The summed E-state index contributed by atoms with van der Waals surface area (Å²) < 4.78 is 0.699. The molecule has 0 unspecified atom stereocenters. The van der Waals surface area contributed by atoms with Gasteiger partial charge in [0, 0.05) is 11.9 Å². The van der Waals surface area contributed by atoms with Crippen LogP contribution in [0.5, 0.6) is 0 Å². The average Bonchev–Trinajstić information content (AvgIpc) is 2.85. The molecule has 23 heavy (non-hydrogen) atoms. The molecule has 6 heteroatoms. The first-order valence-electron chi connectivity index (χ1n) is 8.03. The number of aryl methyl sites for hydroxylation is 1. The zero-order valence-electron chi connectivity index (χ0n) is 14.1. The molecular formula is C17H23N3O2S. The molecule has 5 nitrogen and oxygen atoms in total. The van der Waals surface area contributed by atoms with Crippen molar-refractivity contribution in [3.8, 4) is 0 Å². The van der Waals surface area contributed by atoms with Gasteiger partial charge in [-0.25, -0.2) is 4.98 Å². The van der Waals surface area contributed by atoms with Crippen LogP contribution in [0, 0.1) is 11.3 Å². The summed E-state index contributed by atoms with van der Waals surface area (Å²) >= 11 is 1.57. The van der Waals surface area contributed by atoms with Gasteiger partial charge in [0.05, 0.1) is 11.9 Å². The van der Waals surface area contributed by atoms with Crippen molar-refractivity contribution in [1.29, 1.82) is 0 Å². The van der Waals surface area contributed by atoms with Crippen LogP contribution in [-0.2, 0) is 24.1 Å². The Bertz CT molecular complexity index is 814. The number of fused-ring (bicyclic) bond motifs is 3. The Balaban J connectivity index is 2.03. The van der Waals surface area contributed by atoms with E-state index in [1.807, 2.05) is 0 Å². The Labute approximate surface area is 139 Å². The lowest BCUT2D eigenvalue weighted by molar-refractivity contribution is -0.120. The number of hydrogen-bond acceptors (Lipinski definition) is 4. The molecule has 2 heterocycles. The van der Waals surface area contributed by atoms with E-state index in [0.717, 1.165) is 24.8 Å². The van der Waals surface area contributed by atoms with Crippen LogP contribution in [0.15, 0.2) is 4.79 Å². The predicted octanol–water partition coefficient (Wildman–Crippen LogP) is 2.42. The third-order valence-corrected chi connectivity index (χ3v) is 6.02. The first kappa shape index (κ1) is 16.2. The molecule has 1 amide bonds. The van der Waals surface area contributed by atoms with Crippen molar-refractivity contribution in [2.75, 3.05) is 7.05 Å². The number of hydrogen-bond donors (Lipinski definition) is 2. The zero-order valence-corrected chi connectivity index (χ0v) is 14.9. The van der Waals surface area contributed by atoms with E-state index in [4.69, 9.17) is 0 Å². The smallest absolute Gasteiger partial charge is 0.268 e. The molecule has 2 N–H and O–H groups in total. The number of aromatic nitrogens is 2. The predicted molar refractivity (Wildman–Crippen MR) is 93.0 cm³/mol. The Kier molecular flexibility index (Phi) is 4.04. The van der Waals surface area contributed by atoms with Crippen LogP contribution in [0.2, 0.25) is 0 Å². The van der Waals surface area contributed by atoms with Crippen molar-refractivity contribution in [3.63, 3.8) is 0 Å². The number of likely N-dealkylation sites (N-methyl/N-ethyl adjacent to an activating group) is 1. The molecule has 0 radical (unpaired) electrons. The van der Waals surface area contributed by atoms with Gasteiger partial charge in [-0.15, -0.1) is 11.3 Å². The first-order valence-corrected chi connectivity index (χ1v) is 8.85. The highest BCUT2D eigenvalue weighted by Crippen LogP contribution is 2.41. The van der Waals surface area contributed by atoms with Crippen LogP contribution >= 0.6 is 11.3 Å². The summed E-state index contributed by atoms with van der Waals surface area (Å²) in [6.45, 7) is 6.84. The third-order valence-electron chi connectivity index (χ3n) is 4.78. The highest BCUT2D eigenvalue weighted by Gasteiger charge is 2.31. The van der Waals surface area contributed by atoms with Crippen LogP contribution in [0.3, 0.4) is 0 Å². The normalized spacial score (nSPS) is 18.0. The number of carbonyl (C=O) groups is 1. The Morgan fingerprint density at radius 1 is 1.43 bits per heavy atom. The van der Waals surface area contributed by atoms with E-state index in [9.17, 15) is 9.59 Å². The molecule has 0 spiro atoms. The van der Waals surface area contributed by atoms with Crippen molar-refractivity contribution >= 4 is 27.5 Å². The molecule has 1 aliphatic carbocycles. The maximum Gasteiger partial charge on any atom is 0.268 e. The molecular weight excluding hydrogens is 310 g/mol. The summed E-state index contributed by atoms with van der Waals surface area (Å²) in [5.41, 5.74) is 2.17. The minimum atomic E-state index is -0.149. The topological polar surface area (TPSA) is 74.8 Å². The van der Waals surface area contributed by atoms with Gasteiger partial charge in [-0.3, -0.25) is 9.59 Å². The van der Waals surface area contributed by atoms with E-state index < -0.39 is 0 Å². The largest absolute Gasteiger partial charge is 0.359 e. The number of nitrogens with one attached hydrogen (secondary N) is 2. The van der Waals surface area contributed by atoms with Gasteiger partial charge in [0.25, 0.3) is 5.56 Å². The van der Waals surface area contributed by atoms with E-state index >= 15 is 0 Å². The number of nitrogens with zero attached hydrogens (tertiary/aromatic N) is 1. The molecule has 0 aromatic carbocycles. The van der Waals surface area contributed by atoms with Crippen molar-refractivity contribution < 1.29 is 4.79 Å². The number of thiophene rings is 1. The summed E-state index contributed by atoms with van der Waals surface area (Å²) in [5, 5.41) is 2.56. The lowest BCUT2D eigenvalue weighted by Crippen LogP contribution is -2.26. The van der Waals surface area contributed by atoms with Gasteiger partial charge in [-0.05, 0) is 36.2 Å². The lowest BCUT2D eigenvalue weighted by Gasteiger charge is -2.33. The van der Waals surface area contributed by atoms with Crippen molar-refractivity contribution in [3.05, 3.63) is 26.6 Å². The fourth-order valence-electron chi connectivity index (χ4n) is 3.26. The van der Waals surface area contributed by atoms with Gasteiger partial charge < -0.3 is 10.3 Å².